The number of carbonyl (C=O) groups is 1. The first-order valence-electron chi connectivity index (χ1n) is 7.31. The third kappa shape index (κ3) is 6.71. The summed E-state index contributed by atoms with van der Waals surface area (Å²) in [7, 11) is 0. The topological polar surface area (TPSA) is 49.3 Å². The minimum Gasteiger partial charge on any atom is -0.478 e. The fourth-order valence-electron chi connectivity index (χ4n) is 2.49. The van der Waals surface area contributed by atoms with Gasteiger partial charge in [0.2, 0.25) is 0 Å². The molecule has 0 bridgehead atoms. The molecule has 0 saturated carbocycles. The summed E-state index contributed by atoms with van der Waals surface area (Å²) in [4.78, 5) is 10.7. The van der Waals surface area contributed by atoms with Crippen LogP contribution in [0.25, 0.3) is 0 Å². The van der Waals surface area contributed by atoms with E-state index in [1.165, 1.54) is 12.8 Å². The number of carboxylic acid groups (broad SMARTS) is 1. The Bertz CT molecular complexity index is 418. The molecule has 0 amide bonds. The third-order valence-corrected chi connectivity index (χ3v) is 3.30. The summed E-state index contributed by atoms with van der Waals surface area (Å²) in [5.74, 6) is -0.155. The fourth-order valence-corrected chi connectivity index (χ4v) is 2.49. The first-order valence-corrected chi connectivity index (χ1v) is 7.31. The number of nitrogens with one attached hydrogen (secondary N) is 1. The van der Waals surface area contributed by atoms with Gasteiger partial charge in [-0.25, -0.2) is 4.79 Å². The molecule has 1 aromatic carbocycles. The summed E-state index contributed by atoms with van der Waals surface area (Å²) in [6.45, 7) is 10.9. The molecule has 2 N–H and O–H groups in total. The lowest BCUT2D eigenvalue weighted by Crippen LogP contribution is -2.19. The molecular formula is C17H27NO2. The van der Waals surface area contributed by atoms with Crippen molar-refractivity contribution in [2.75, 3.05) is 6.54 Å². The SMILES string of the molecule is CC(CCNCc1ccc(C(=O)O)cc1)CC(C)(C)C. The van der Waals surface area contributed by atoms with E-state index in [2.05, 4.69) is 33.0 Å². The Balaban J connectivity index is 2.26. The van der Waals surface area contributed by atoms with Gasteiger partial charge in [-0.3, -0.25) is 0 Å². The number of benzene rings is 1. The van der Waals surface area contributed by atoms with Gasteiger partial charge in [0.05, 0.1) is 5.56 Å². The Hall–Kier alpha value is -1.35. The zero-order valence-electron chi connectivity index (χ0n) is 13.1. The number of rotatable bonds is 7. The molecule has 112 valence electrons. The van der Waals surface area contributed by atoms with Gasteiger partial charge in [0, 0.05) is 6.54 Å². The van der Waals surface area contributed by atoms with Crippen LogP contribution < -0.4 is 5.32 Å². The standard InChI is InChI=1S/C17H27NO2/c1-13(11-17(2,3)4)9-10-18-12-14-5-7-15(8-6-14)16(19)20/h5-8,13,18H,9-12H2,1-4H3,(H,19,20). The van der Waals surface area contributed by atoms with E-state index >= 15 is 0 Å². The second-order valence-corrected chi connectivity index (χ2v) is 6.84. The Morgan fingerprint density at radius 3 is 2.35 bits per heavy atom. The highest BCUT2D eigenvalue weighted by Crippen LogP contribution is 2.25. The summed E-state index contributed by atoms with van der Waals surface area (Å²) in [5.41, 5.74) is 1.86. The van der Waals surface area contributed by atoms with E-state index in [1.54, 1.807) is 12.1 Å². The van der Waals surface area contributed by atoms with Gasteiger partial charge < -0.3 is 10.4 Å². The van der Waals surface area contributed by atoms with Crippen molar-refractivity contribution < 1.29 is 9.90 Å². The molecule has 1 atom stereocenters. The molecule has 0 aliphatic carbocycles. The molecule has 20 heavy (non-hydrogen) atoms. The van der Waals surface area contributed by atoms with Gasteiger partial charge in [-0.05, 0) is 48.4 Å². The van der Waals surface area contributed by atoms with Gasteiger partial charge in [-0.1, -0.05) is 39.8 Å². The molecule has 1 unspecified atom stereocenters. The molecule has 0 heterocycles. The van der Waals surface area contributed by atoms with Crippen molar-refractivity contribution in [3.05, 3.63) is 35.4 Å². The van der Waals surface area contributed by atoms with Crippen LogP contribution >= 0.6 is 0 Å². The van der Waals surface area contributed by atoms with Gasteiger partial charge in [-0.15, -0.1) is 0 Å². The Labute approximate surface area is 122 Å². The van der Waals surface area contributed by atoms with Crippen LogP contribution in [0.1, 0.15) is 56.5 Å². The van der Waals surface area contributed by atoms with Crippen molar-refractivity contribution in [3.8, 4) is 0 Å². The summed E-state index contributed by atoms with van der Waals surface area (Å²) in [6.07, 6.45) is 2.41. The average Bonchev–Trinajstić information content (AvgIpc) is 2.33. The van der Waals surface area contributed by atoms with Gasteiger partial charge in [0.1, 0.15) is 0 Å². The van der Waals surface area contributed by atoms with E-state index in [0.717, 1.165) is 24.6 Å². The molecule has 0 radical (unpaired) electrons. The predicted molar refractivity (Wildman–Crippen MR) is 83.0 cm³/mol. The first kappa shape index (κ1) is 16.7. The molecule has 1 rings (SSSR count). The van der Waals surface area contributed by atoms with Crippen LogP contribution in [0.4, 0.5) is 0 Å². The Morgan fingerprint density at radius 2 is 1.85 bits per heavy atom. The van der Waals surface area contributed by atoms with Crippen LogP contribution in [-0.4, -0.2) is 17.6 Å². The molecule has 1 aromatic rings. The van der Waals surface area contributed by atoms with E-state index < -0.39 is 5.97 Å². The van der Waals surface area contributed by atoms with E-state index in [4.69, 9.17) is 5.11 Å². The number of aromatic carboxylic acids is 1. The zero-order chi connectivity index (χ0) is 15.2. The van der Waals surface area contributed by atoms with Crippen LogP contribution in [0, 0.1) is 11.3 Å². The summed E-state index contributed by atoms with van der Waals surface area (Å²) >= 11 is 0. The summed E-state index contributed by atoms with van der Waals surface area (Å²) in [6, 6.07) is 7.05. The van der Waals surface area contributed by atoms with E-state index in [1.807, 2.05) is 12.1 Å². The number of hydrogen-bond donors (Lipinski definition) is 2. The molecule has 0 fully saturated rings. The zero-order valence-corrected chi connectivity index (χ0v) is 13.1. The van der Waals surface area contributed by atoms with Gasteiger partial charge in [-0.2, -0.15) is 0 Å². The second kappa shape index (κ2) is 7.44. The highest BCUT2D eigenvalue weighted by atomic mass is 16.4. The van der Waals surface area contributed by atoms with Crippen molar-refractivity contribution in [3.63, 3.8) is 0 Å². The van der Waals surface area contributed by atoms with Crippen LogP contribution in [0.15, 0.2) is 24.3 Å². The molecule has 0 saturated heterocycles. The minimum atomic E-state index is -0.875. The van der Waals surface area contributed by atoms with Crippen LogP contribution in [0.2, 0.25) is 0 Å². The second-order valence-electron chi connectivity index (χ2n) is 6.84. The lowest BCUT2D eigenvalue weighted by Gasteiger charge is -2.23. The molecule has 0 aliphatic heterocycles. The largest absolute Gasteiger partial charge is 0.478 e. The highest BCUT2D eigenvalue weighted by molar-refractivity contribution is 5.87. The van der Waals surface area contributed by atoms with E-state index in [9.17, 15) is 4.79 Å². The van der Waals surface area contributed by atoms with Crippen molar-refractivity contribution >= 4 is 5.97 Å². The van der Waals surface area contributed by atoms with Gasteiger partial charge in [0.15, 0.2) is 0 Å². The van der Waals surface area contributed by atoms with Crippen molar-refractivity contribution in [2.45, 2.75) is 47.1 Å². The predicted octanol–water partition coefficient (Wildman–Crippen LogP) is 3.94. The maximum absolute atomic E-state index is 10.7. The lowest BCUT2D eigenvalue weighted by molar-refractivity contribution is 0.0697. The summed E-state index contributed by atoms with van der Waals surface area (Å²) < 4.78 is 0. The molecule has 0 aliphatic rings. The normalized spacial score (nSPS) is 13.2. The van der Waals surface area contributed by atoms with Crippen molar-refractivity contribution in [2.24, 2.45) is 11.3 Å². The van der Waals surface area contributed by atoms with Crippen LogP contribution in [-0.2, 0) is 6.54 Å². The Kier molecular flexibility index (Phi) is 6.21. The third-order valence-electron chi connectivity index (χ3n) is 3.30. The maximum atomic E-state index is 10.7. The van der Waals surface area contributed by atoms with Crippen molar-refractivity contribution in [1.82, 2.24) is 5.32 Å². The fraction of sp³-hybridized carbons (Fsp3) is 0.588. The molecule has 0 aromatic heterocycles. The molecular weight excluding hydrogens is 250 g/mol. The molecule has 3 nitrogen and oxygen atoms in total. The summed E-state index contributed by atoms with van der Waals surface area (Å²) in [5, 5.41) is 12.2. The number of carboxylic acids is 1. The Morgan fingerprint density at radius 1 is 1.25 bits per heavy atom. The van der Waals surface area contributed by atoms with Crippen molar-refractivity contribution in [1.29, 1.82) is 0 Å². The molecule has 0 spiro atoms. The molecule has 3 heteroatoms. The highest BCUT2D eigenvalue weighted by Gasteiger charge is 2.14. The maximum Gasteiger partial charge on any atom is 0.335 e. The average molecular weight is 277 g/mol. The van der Waals surface area contributed by atoms with E-state index in [0.29, 0.717) is 11.0 Å². The smallest absolute Gasteiger partial charge is 0.335 e. The number of hydrogen-bond acceptors (Lipinski definition) is 2. The van der Waals surface area contributed by atoms with Crippen LogP contribution in [0.3, 0.4) is 0 Å². The lowest BCUT2D eigenvalue weighted by atomic mass is 9.84. The quantitative estimate of drug-likeness (QED) is 0.742. The van der Waals surface area contributed by atoms with Gasteiger partial charge in [0.25, 0.3) is 0 Å². The first-order chi connectivity index (χ1) is 9.28. The van der Waals surface area contributed by atoms with Gasteiger partial charge >= 0.3 is 5.97 Å². The van der Waals surface area contributed by atoms with E-state index in [-0.39, 0.29) is 0 Å². The van der Waals surface area contributed by atoms with Crippen LogP contribution in [0.5, 0.6) is 0 Å². The minimum absolute atomic E-state index is 0.340. The monoisotopic (exact) mass is 277 g/mol.